The van der Waals surface area contributed by atoms with E-state index < -0.39 is 18.0 Å². The standard InChI is InChI=1S/2C27H54O2.C3H8O3/c2*1-2-3-4-5-6-7-8-9-10-11-12-13-14-15-16-17-18-19-20-21-22-23-24-25-26-27(28)29;4-1-3(6)2-5/h2*2-26H2,1H3,(H,28,29);3-6H,1-2H2. The number of hydrogen-bond acceptors (Lipinski definition) is 5. The average Bonchev–Trinajstić information content (AvgIpc) is 3.29. The number of aliphatic hydroxyl groups excluding tert-OH is 3. The number of hydrogen-bond donors (Lipinski definition) is 5. The molecule has 386 valence electrons. The summed E-state index contributed by atoms with van der Waals surface area (Å²) in [6.07, 6.45) is 66.1. The van der Waals surface area contributed by atoms with Gasteiger partial charge in [0.05, 0.1) is 13.2 Å². The quantitative estimate of drug-likeness (QED) is 0.0384. The normalized spacial score (nSPS) is 11.1. The van der Waals surface area contributed by atoms with Gasteiger partial charge in [-0.25, -0.2) is 0 Å². The fourth-order valence-corrected chi connectivity index (χ4v) is 8.53. The van der Waals surface area contributed by atoms with Crippen LogP contribution in [0.15, 0.2) is 0 Å². The molecule has 0 rings (SSSR count). The molecule has 64 heavy (non-hydrogen) atoms. The van der Waals surface area contributed by atoms with Crippen LogP contribution >= 0.6 is 0 Å². The number of carboxylic acid groups (broad SMARTS) is 2. The highest BCUT2D eigenvalue weighted by atomic mass is 16.4. The molecule has 0 aromatic heterocycles. The number of carbonyl (C=O) groups is 2. The van der Waals surface area contributed by atoms with Crippen molar-refractivity contribution >= 4 is 11.9 Å². The van der Waals surface area contributed by atoms with Crippen LogP contribution in [-0.4, -0.2) is 56.8 Å². The highest BCUT2D eigenvalue weighted by molar-refractivity contribution is 5.66. The van der Waals surface area contributed by atoms with E-state index in [0.717, 1.165) is 25.7 Å². The summed E-state index contributed by atoms with van der Waals surface area (Å²) in [7, 11) is 0. The van der Waals surface area contributed by atoms with E-state index in [2.05, 4.69) is 13.8 Å². The first kappa shape index (κ1) is 67.1. The van der Waals surface area contributed by atoms with Crippen LogP contribution in [-0.2, 0) is 9.59 Å². The lowest BCUT2D eigenvalue weighted by molar-refractivity contribution is -0.138. The monoisotopic (exact) mass is 913 g/mol. The largest absolute Gasteiger partial charge is 0.481 e. The summed E-state index contributed by atoms with van der Waals surface area (Å²) >= 11 is 0. The second-order valence-electron chi connectivity index (χ2n) is 19.6. The molecule has 0 aromatic rings. The van der Waals surface area contributed by atoms with Gasteiger partial charge in [-0.05, 0) is 12.8 Å². The minimum Gasteiger partial charge on any atom is -0.481 e. The third-order valence-electron chi connectivity index (χ3n) is 12.9. The van der Waals surface area contributed by atoms with E-state index >= 15 is 0 Å². The van der Waals surface area contributed by atoms with Gasteiger partial charge < -0.3 is 25.5 Å². The van der Waals surface area contributed by atoms with Crippen LogP contribution in [0.25, 0.3) is 0 Å². The van der Waals surface area contributed by atoms with Crippen molar-refractivity contribution in [3.8, 4) is 0 Å². The summed E-state index contributed by atoms with van der Waals surface area (Å²) in [4.78, 5) is 20.8. The average molecular weight is 914 g/mol. The van der Waals surface area contributed by atoms with Gasteiger partial charge in [0.1, 0.15) is 6.10 Å². The Balaban J connectivity index is -0.00000103. The predicted molar refractivity (Wildman–Crippen MR) is 278 cm³/mol. The molecule has 0 saturated carbocycles. The van der Waals surface area contributed by atoms with Crippen molar-refractivity contribution in [3.05, 3.63) is 0 Å². The molecular formula is C57H116O7. The third kappa shape index (κ3) is 72.4. The Hall–Kier alpha value is -1.18. The van der Waals surface area contributed by atoms with Gasteiger partial charge in [-0.2, -0.15) is 0 Å². The van der Waals surface area contributed by atoms with E-state index in [-0.39, 0.29) is 13.2 Å². The van der Waals surface area contributed by atoms with E-state index in [0.29, 0.717) is 12.8 Å². The lowest BCUT2D eigenvalue weighted by atomic mass is 10.0. The number of aliphatic carboxylic acids is 2. The molecule has 0 radical (unpaired) electrons. The zero-order valence-electron chi connectivity index (χ0n) is 43.4. The third-order valence-corrected chi connectivity index (χ3v) is 12.9. The highest BCUT2D eigenvalue weighted by Gasteiger charge is 2.00. The Morgan fingerprint density at radius 1 is 0.266 bits per heavy atom. The number of unbranched alkanes of at least 4 members (excludes halogenated alkanes) is 46. The molecule has 0 aromatic carbocycles. The van der Waals surface area contributed by atoms with E-state index in [4.69, 9.17) is 25.5 Å². The summed E-state index contributed by atoms with van der Waals surface area (Å²) in [5.41, 5.74) is 0. The first-order valence-electron chi connectivity index (χ1n) is 28.7. The van der Waals surface area contributed by atoms with Crippen LogP contribution in [0.2, 0.25) is 0 Å². The molecule has 0 heterocycles. The molecule has 0 bridgehead atoms. The minimum absolute atomic E-state index is 0.346. The predicted octanol–water partition coefficient (Wildman–Crippen LogP) is 18.0. The van der Waals surface area contributed by atoms with Crippen LogP contribution in [0.4, 0.5) is 0 Å². The van der Waals surface area contributed by atoms with E-state index in [9.17, 15) is 9.59 Å². The molecule has 0 aliphatic heterocycles. The Morgan fingerprint density at radius 2 is 0.391 bits per heavy atom. The highest BCUT2D eigenvalue weighted by Crippen LogP contribution is 2.18. The molecule has 7 heteroatoms. The Labute approximate surface area is 399 Å². The van der Waals surface area contributed by atoms with Crippen LogP contribution in [0.1, 0.15) is 335 Å². The fourth-order valence-electron chi connectivity index (χ4n) is 8.53. The molecular weight excluding hydrogens is 797 g/mol. The van der Waals surface area contributed by atoms with Crippen molar-refractivity contribution in [2.75, 3.05) is 13.2 Å². The Bertz CT molecular complexity index is 771. The van der Waals surface area contributed by atoms with Gasteiger partial charge in [0, 0.05) is 12.8 Å². The first-order valence-corrected chi connectivity index (χ1v) is 28.7. The molecule has 0 saturated heterocycles. The van der Waals surface area contributed by atoms with Gasteiger partial charge in [-0.1, -0.05) is 309 Å². The number of aliphatic hydroxyl groups is 3. The van der Waals surface area contributed by atoms with Crippen LogP contribution in [0.3, 0.4) is 0 Å². The van der Waals surface area contributed by atoms with E-state index in [1.165, 1.54) is 283 Å². The van der Waals surface area contributed by atoms with Gasteiger partial charge in [-0.15, -0.1) is 0 Å². The van der Waals surface area contributed by atoms with Crippen LogP contribution in [0, 0.1) is 0 Å². The van der Waals surface area contributed by atoms with Gasteiger partial charge >= 0.3 is 11.9 Å². The van der Waals surface area contributed by atoms with E-state index in [1.807, 2.05) is 0 Å². The molecule has 0 fully saturated rings. The summed E-state index contributed by atoms with van der Waals surface area (Å²) in [5, 5.41) is 41.2. The summed E-state index contributed by atoms with van der Waals surface area (Å²) in [6.45, 7) is 3.86. The van der Waals surface area contributed by atoms with Gasteiger partial charge in [0.25, 0.3) is 0 Å². The molecule has 0 spiro atoms. The van der Waals surface area contributed by atoms with Gasteiger partial charge in [-0.3, -0.25) is 9.59 Å². The van der Waals surface area contributed by atoms with Gasteiger partial charge in [0.2, 0.25) is 0 Å². The molecule has 0 atom stereocenters. The smallest absolute Gasteiger partial charge is 0.303 e. The zero-order chi connectivity index (χ0) is 47.5. The zero-order valence-corrected chi connectivity index (χ0v) is 43.4. The lowest BCUT2D eigenvalue weighted by Crippen LogP contribution is -2.15. The molecule has 0 amide bonds. The maximum Gasteiger partial charge on any atom is 0.303 e. The maximum atomic E-state index is 10.4. The fraction of sp³-hybridized carbons (Fsp3) is 0.965. The van der Waals surface area contributed by atoms with Crippen molar-refractivity contribution in [3.63, 3.8) is 0 Å². The molecule has 0 unspecified atom stereocenters. The second-order valence-corrected chi connectivity index (χ2v) is 19.6. The molecule has 0 aliphatic carbocycles. The first-order chi connectivity index (χ1) is 31.3. The van der Waals surface area contributed by atoms with Crippen molar-refractivity contribution in [1.29, 1.82) is 0 Å². The lowest BCUT2D eigenvalue weighted by Gasteiger charge is -2.04. The van der Waals surface area contributed by atoms with Crippen molar-refractivity contribution in [2.24, 2.45) is 0 Å². The van der Waals surface area contributed by atoms with Crippen molar-refractivity contribution in [1.82, 2.24) is 0 Å². The summed E-state index contributed by atoms with van der Waals surface area (Å²) in [6, 6.07) is 0. The topological polar surface area (TPSA) is 135 Å². The summed E-state index contributed by atoms with van der Waals surface area (Å²) in [5.74, 6) is -1.30. The molecule has 5 N–H and O–H groups in total. The minimum atomic E-state index is -0.954. The van der Waals surface area contributed by atoms with Crippen molar-refractivity contribution in [2.45, 2.75) is 341 Å². The SMILES string of the molecule is CCCCCCCCCCCCCCCCCCCCCCCCCCC(=O)O.CCCCCCCCCCCCCCCCCCCCCCCCCCC(=O)O.OCC(O)CO. The van der Waals surface area contributed by atoms with Crippen LogP contribution in [0.5, 0.6) is 0 Å². The van der Waals surface area contributed by atoms with E-state index in [1.54, 1.807) is 0 Å². The number of carboxylic acids is 2. The van der Waals surface area contributed by atoms with Crippen molar-refractivity contribution < 1.29 is 35.1 Å². The Kier molecular flexibility index (Phi) is 67.0. The molecule has 7 nitrogen and oxygen atoms in total. The van der Waals surface area contributed by atoms with Gasteiger partial charge in [0.15, 0.2) is 0 Å². The molecule has 0 aliphatic rings. The maximum absolute atomic E-state index is 10.4. The Morgan fingerprint density at radius 3 is 0.484 bits per heavy atom. The number of rotatable bonds is 52. The van der Waals surface area contributed by atoms with Crippen LogP contribution < -0.4 is 0 Å². The second kappa shape index (κ2) is 63.9. The summed E-state index contributed by atoms with van der Waals surface area (Å²) < 4.78 is 0.